The van der Waals surface area contributed by atoms with E-state index >= 15 is 0 Å². The molecule has 16 heavy (non-hydrogen) atoms. The summed E-state index contributed by atoms with van der Waals surface area (Å²) < 4.78 is 4.65. The molecule has 0 aliphatic rings. The topological polar surface area (TPSA) is 74.2 Å². The Balaban J connectivity index is 3.78. The molecule has 0 N–H and O–H groups in total. The quantitative estimate of drug-likeness (QED) is 0.157. The summed E-state index contributed by atoms with van der Waals surface area (Å²) in [6, 6.07) is -0.462. The summed E-state index contributed by atoms with van der Waals surface area (Å²) >= 11 is 0. The summed E-state index contributed by atoms with van der Waals surface area (Å²) in [7, 11) is 0. The van der Waals surface area contributed by atoms with Crippen LogP contribution in [-0.2, 0) is 14.4 Å². The number of carbonyl (C=O) groups excluding carboxylic acids is 1. The molecular weight excluding hydrogens is 212 g/mol. The van der Waals surface area contributed by atoms with Crippen LogP contribution in [0.25, 0.3) is 0 Å². The van der Waals surface area contributed by atoms with Crippen LogP contribution in [0.15, 0.2) is 5.16 Å². The van der Waals surface area contributed by atoms with E-state index in [-0.39, 0.29) is 12.8 Å². The van der Waals surface area contributed by atoms with Crippen LogP contribution in [0.4, 0.5) is 0 Å². The fourth-order valence-corrected chi connectivity index (χ4v) is 1.00. The summed E-state index contributed by atoms with van der Waals surface area (Å²) in [5.41, 5.74) is 0. The molecule has 0 atom stereocenters. The van der Waals surface area contributed by atoms with Crippen LogP contribution in [0.3, 0.4) is 0 Å². The largest absolute Gasteiger partial charge is 0.844 e. The van der Waals surface area contributed by atoms with E-state index in [2.05, 4.69) is 14.7 Å². The number of rotatable bonds is 7. The Bertz CT molecular complexity index is 227. The minimum Gasteiger partial charge on any atom is -0.844 e. The van der Waals surface area contributed by atoms with E-state index in [1.54, 1.807) is 0 Å². The number of oxime groups is 1. The first-order chi connectivity index (χ1) is 7.65. The fraction of sp³-hybridized carbons (Fsp3) is 0.800. The number of carbonyl (C=O) groups is 1. The molecule has 0 aliphatic heterocycles. The van der Waals surface area contributed by atoms with E-state index in [0.29, 0.717) is 25.9 Å². The summed E-state index contributed by atoms with van der Waals surface area (Å²) in [6.45, 7) is 6.38. The molecule has 0 saturated carbocycles. The molecule has 0 amide bonds. The molecule has 0 aliphatic carbocycles. The van der Waals surface area contributed by atoms with Crippen molar-refractivity contribution in [1.29, 1.82) is 0 Å². The molecule has 0 spiro atoms. The van der Waals surface area contributed by atoms with Crippen molar-refractivity contribution in [3.05, 3.63) is 0 Å². The van der Waals surface area contributed by atoms with Crippen molar-refractivity contribution < 1.29 is 19.5 Å². The second-order valence-electron chi connectivity index (χ2n) is 3.06. The van der Waals surface area contributed by atoms with Gasteiger partial charge in [0.15, 0.2) is 0 Å². The van der Waals surface area contributed by atoms with Crippen molar-refractivity contribution in [3.8, 4) is 0 Å². The Morgan fingerprint density at radius 3 is 2.44 bits per heavy atom. The average Bonchev–Trinajstić information content (AvgIpc) is 2.26. The number of hydrogen-bond donors (Lipinski definition) is 0. The van der Waals surface area contributed by atoms with Gasteiger partial charge in [-0.05, 0) is 20.3 Å². The van der Waals surface area contributed by atoms with Gasteiger partial charge >= 0.3 is 5.97 Å². The second-order valence-corrected chi connectivity index (χ2v) is 3.06. The highest BCUT2D eigenvalue weighted by Crippen LogP contribution is 1.92. The van der Waals surface area contributed by atoms with Crippen molar-refractivity contribution in [2.24, 2.45) is 5.16 Å². The Morgan fingerprint density at radius 1 is 1.31 bits per heavy atom. The smallest absolute Gasteiger partial charge is 0.308 e. The number of nitrogens with zero attached hydrogens (tertiary/aromatic N) is 2. The normalized spacial score (nSPS) is 11.1. The van der Waals surface area contributed by atoms with Crippen molar-refractivity contribution in [2.75, 3.05) is 19.9 Å². The van der Waals surface area contributed by atoms with Crippen LogP contribution in [0.2, 0.25) is 0 Å². The second kappa shape index (κ2) is 8.82. The Labute approximate surface area is 95.8 Å². The van der Waals surface area contributed by atoms with Gasteiger partial charge < -0.3 is 19.6 Å². The van der Waals surface area contributed by atoms with Gasteiger partial charge in [0.05, 0.1) is 6.02 Å². The molecule has 94 valence electrons. The van der Waals surface area contributed by atoms with Crippen LogP contribution in [0, 0.1) is 0 Å². The first-order valence-electron chi connectivity index (χ1n) is 5.43. The molecule has 6 nitrogen and oxygen atoms in total. The first kappa shape index (κ1) is 14.5. The lowest BCUT2D eigenvalue weighted by Crippen LogP contribution is -2.39. The maximum atomic E-state index is 11.3. The van der Waals surface area contributed by atoms with Crippen molar-refractivity contribution in [3.63, 3.8) is 0 Å². The highest BCUT2D eigenvalue weighted by Gasteiger charge is 2.00. The molecule has 0 aromatic heterocycles. The van der Waals surface area contributed by atoms with Crippen LogP contribution in [0.1, 0.15) is 33.6 Å². The maximum Gasteiger partial charge on any atom is 0.308 e. The Morgan fingerprint density at radius 2 is 1.94 bits per heavy atom. The van der Waals surface area contributed by atoms with Gasteiger partial charge in [0.1, 0.15) is 0 Å². The molecular formula is C10H19N2O4-. The SMILES string of the molecule is CCCC(=O)OCO/N=C(\[O-])N(CC)CC. The van der Waals surface area contributed by atoms with Crippen LogP contribution in [0.5, 0.6) is 0 Å². The lowest BCUT2D eigenvalue weighted by molar-refractivity contribution is -0.241. The molecule has 0 aromatic carbocycles. The van der Waals surface area contributed by atoms with Gasteiger partial charge in [-0.1, -0.05) is 12.1 Å². The van der Waals surface area contributed by atoms with Gasteiger partial charge in [0.2, 0.25) is 0 Å². The van der Waals surface area contributed by atoms with Crippen LogP contribution in [-0.4, -0.2) is 36.8 Å². The van der Waals surface area contributed by atoms with Gasteiger partial charge in [0, 0.05) is 19.5 Å². The Kier molecular flexibility index (Phi) is 8.01. The molecule has 0 aromatic rings. The minimum atomic E-state index is -0.462. The standard InChI is InChI=1S/C10H20N2O4/c1-4-7-9(13)15-8-16-11-10(14)12(5-2)6-3/h4-8H2,1-3H3,(H,11,14)/p-1. The van der Waals surface area contributed by atoms with Gasteiger partial charge in [-0.3, -0.25) is 4.79 Å². The zero-order chi connectivity index (χ0) is 12.4. The molecule has 0 rings (SSSR count). The zero-order valence-electron chi connectivity index (χ0n) is 10.1. The summed E-state index contributed by atoms with van der Waals surface area (Å²) in [5.74, 6) is -0.354. The summed E-state index contributed by atoms with van der Waals surface area (Å²) in [5, 5.41) is 14.6. The maximum absolute atomic E-state index is 11.3. The van der Waals surface area contributed by atoms with Gasteiger partial charge in [-0.25, -0.2) is 0 Å². The van der Waals surface area contributed by atoms with Crippen molar-refractivity contribution in [1.82, 2.24) is 4.90 Å². The summed E-state index contributed by atoms with van der Waals surface area (Å²) in [4.78, 5) is 17.0. The minimum absolute atomic E-state index is 0.314. The van der Waals surface area contributed by atoms with E-state index in [1.165, 1.54) is 4.90 Å². The third-order valence-electron chi connectivity index (χ3n) is 1.90. The van der Waals surface area contributed by atoms with E-state index in [4.69, 9.17) is 0 Å². The Hall–Kier alpha value is -1.46. The number of ether oxygens (including phenoxy) is 1. The third kappa shape index (κ3) is 6.10. The van der Waals surface area contributed by atoms with Gasteiger partial charge in [0.25, 0.3) is 6.79 Å². The predicted octanol–water partition coefficient (Wildman–Crippen LogP) is 0.277. The lowest BCUT2D eigenvalue weighted by Gasteiger charge is -2.25. The molecule has 0 heterocycles. The van der Waals surface area contributed by atoms with Gasteiger partial charge in [-0.15, -0.1) is 0 Å². The van der Waals surface area contributed by atoms with Crippen molar-refractivity contribution in [2.45, 2.75) is 33.6 Å². The highest BCUT2D eigenvalue weighted by molar-refractivity contribution is 5.69. The molecule has 0 bridgehead atoms. The zero-order valence-corrected chi connectivity index (χ0v) is 10.1. The highest BCUT2D eigenvalue weighted by atomic mass is 16.8. The molecule has 0 unspecified atom stereocenters. The van der Waals surface area contributed by atoms with E-state index in [1.807, 2.05) is 20.8 Å². The molecule has 0 saturated heterocycles. The first-order valence-corrected chi connectivity index (χ1v) is 5.43. The molecule has 6 heteroatoms. The van der Waals surface area contributed by atoms with Gasteiger partial charge in [-0.2, -0.15) is 0 Å². The molecule has 0 radical (unpaired) electrons. The van der Waals surface area contributed by atoms with Crippen molar-refractivity contribution >= 4 is 12.0 Å². The fourth-order valence-electron chi connectivity index (χ4n) is 1.00. The van der Waals surface area contributed by atoms with E-state index in [9.17, 15) is 9.90 Å². The average molecular weight is 231 g/mol. The number of esters is 1. The lowest BCUT2D eigenvalue weighted by atomic mass is 10.3. The van der Waals surface area contributed by atoms with E-state index < -0.39 is 6.02 Å². The summed E-state index contributed by atoms with van der Waals surface area (Å²) in [6.07, 6.45) is 1.06. The molecule has 0 fully saturated rings. The monoisotopic (exact) mass is 231 g/mol. The third-order valence-corrected chi connectivity index (χ3v) is 1.90. The number of amidine groups is 1. The predicted molar refractivity (Wildman–Crippen MR) is 57.3 cm³/mol. The van der Waals surface area contributed by atoms with Crippen LogP contribution < -0.4 is 5.11 Å². The van der Waals surface area contributed by atoms with Crippen LogP contribution >= 0.6 is 0 Å². The van der Waals surface area contributed by atoms with E-state index in [0.717, 1.165) is 0 Å². The number of hydrogen-bond acceptors (Lipinski definition) is 5.